The molecule has 0 aliphatic carbocycles. The van der Waals surface area contributed by atoms with E-state index in [-0.39, 0.29) is 6.10 Å². The number of fused-ring (bicyclic) bond motifs is 2. The van der Waals surface area contributed by atoms with Gasteiger partial charge in [0, 0.05) is 5.39 Å². The summed E-state index contributed by atoms with van der Waals surface area (Å²) in [6.07, 6.45) is 1.02. The summed E-state index contributed by atoms with van der Waals surface area (Å²) in [6, 6.07) is 17.5. The van der Waals surface area contributed by atoms with E-state index in [1.807, 2.05) is 62.4 Å². The van der Waals surface area contributed by atoms with Gasteiger partial charge in [-0.2, -0.15) is 0 Å². The first-order chi connectivity index (χ1) is 11.5. The van der Waals surface area contributed by atoms with Crippen molar-refractivity contribution < 1.29 is 18.5 Å². The predicted molar refractivity (Wildman–Crippen MR) is 97.4 cm³/mol. The molecule has 1 atom stereocenters. The molecule has 0 spiro atoms. The Hall–Kier alpha value is -1.87. The molecule has 0 bridgehead atoms. The Morgan fingerprint density at radius 3 is 2.25 bits per heavy atom. The van der Waals surface area contributed by atoms with E-state index in [1.165, 1.54) is 0 Å². The van der Waals surface area contributed by atoms with Crippen LogP contribution in [0, 0.1) is 0 Å². The third-order valence-corrected chi connectivity index (χ3v) is 5.11. The number of phosphoric acid groups is 1. The topological polar surface area (TPSA) is 55.8 Å². The zero-order chi connectivity index (χ0) is 17.2. The molecule has 126 valence electrons. The molecule has 3 aromatic carbocycles. The highest BCUT2D eigenvalue weighted by Crippen LogP contribution is 2.47. The molecule has 0 saturated carbocycles. The average Bonchev–Trinajstić information content (AvgIpc) is 2.58. The lowest BCUT2D eigenvalue weighted by Crippen LogP contribution is -2.10. The molecular formula is C19H21O4P. The number of phosphoric ester groups is 1. The lowest BCUT2D eigenvalue weighted by Gasteiger charge is -2.19. The van der Waals surface area contributed by atoms with Crippen LogP contribution in [0.15, 0.2) is 54.6 Å². The van der Waals surface area contributed by atoms with Crippen molar-refractivity contribution in [3.63, 3.8) is 0 Å². The van der Waals surface area contributed by atoms with Gasteiger partial charge < -0.3 is 4.52 Å². The van der Waals surface area contributed by atoms with Crippen molar-refractivity contribution in [1.82, 2.24) is 0 Å². The molecule has 1 N–H and O–H groups in total. The summed E-state index contributed by atoms with van der Waals surface area (Å²) in [7, 11) is -4.17. The normalized spacial score (nSPS) is 14.2. The maximum absolute atomic E-state index is 12.3. The van der Waals surface area contributed by atoms with E-state index in [9.17, 15) is 9.46 Å². The van der Waals surface area contributed by atoms with Crippen molar-refractivity contribution in [3.05, 3.63) is 54.6 Å². The Bertz CT molecular complexity index is 902. The van der Waals surface area contributed by atoms with Gasteiger partial charge in [0.15, 0.2) is 0 Å². The maximum atomic E-state index is 12.3. The second-order valence-electron chi connectivity index (χ2n) is 5.78. The van der Waals surface area contributed by atoms with Gasteiger partial charge in [0.05, 0.1) is 6.10 Å². The maximum Gasteiger partial charge on any atom is 0.527 e. The Morgan fingerprint density at radius 2 is 1.58 bits per heavy atom. The van der Waals surface area contributed by atoms with Gasteiger partial charge in [0.25, 0.3) is 0 Å². The summed E-state index contributed by atoms with van der Waals surface area (Å²) in [5.41, 5.74) is 0. The van der Waals surface area contributed by atoms with Crippen molar-refractivity contribution in [2.24, 2.45) is 0 Å². The highest BCUT2D eigenvalue weighted by Gasteiger charge is 2.27. The van der Waals surface area contributed by atoms with E-state index in [4.69, 9.17) is 9.05 Å². The van der Waals surface area contributed by atoms with Gasteiger partial charge >= 0.3 is 7.82 Å². The summed E-state index contributed by atoms with van der Waals surface area (Å²) in [5, 5.41) is 3.91. The zero-order valence-corrected chi connectivity index (χ0v) is 14.7. The highest BCUT2D eigenvalue weighted by atomic mass is 31.2. The second-order valence-corrected chi connectivity index (χ2v) is 7.11. The SMILES string of the molecule is CCC(CC)OP(=O)(O)Oc1cccc2cc3ccccc3cc12. The first-order valence-corrected chi connectivity index (χ1v) is 9.64. The quantitative estimate of drug-likeness (QED) is 0.462. The summed E-state index contributed by atoms with van der Waals surface area (Å²) < 4.78 is 23.0. The number of hydrogen-bond acceptors (Lipinski definition) is 3. The van der Waals surface area contributed by atoms with Gasteiger partial charge in [-0.05, 0) is 47.2 Å². The Balaban J connectivity index is 2.00. The van der Waals surface area contributed by atoms with Crippen molar-refractivity contribution in [2.45, 2.75) is 32.8 Å². The van der Waals surface area contributed by atoms with Crippen LogP contribution in [0.1, 0.15) is 26.7 Å². The first kappa shape index (κ1) is 17.0. The monoisotopic (exact) mass is 344 g/mol. The predicted octanol–water partition coefficient (Wildman–Crippen LogP) is 5.68. The molecular weight excluding hydrogens is 323 g/mol. The Morgan fingerprint density at radius 1 is 0.958 bits per heavy atom. The molecule has 0 heterocycles. The van der Waals surface area contributed by atoms with Crippen LogP contribution in [0.4, 0.5) is 0 Å². The molecule has 0 fully saturated rings. The molecule has 24 heavy (non-hydrogen) atoms. The van der Waals surface area contributed by atoms with Gasteiger partial charge in [0.1, 0.15) is 5.75 Å². The molecule has 0 aliphatic rings. The van der Waals surface area contributed by atoms with Crippen LogP contribution in [0.25, 0.3) is 21.5 Å². The number of rotatable bonds is 6. The van der Waals surface area contributed by atoms with Gasteiger partial charge in [-0.25, -0.2) is 4.57 Å². The van der Waals surface area contributed by atoms with Crippen LogP contribution in [0.5, 0.6) is 5.75 Å². The van der Waals surface area contributed by atoms with Crippen LogP contribution in [0.2, 0.25) is 0 Å². The lowest BCUT2D eigenvalue weighted by molar-refractivity contribution is 0.132. The molecule has 3 aromatic rings. The summed E-state index contributed by atoms with van der Waals surface area (Å²) in [5.74, 6) is 0.357. The van der Waals surface area contributed by atoms with Gasteiger partial charge in [-0.3, -0.25) is 9.42 Å². The Kier molecular flexibility index (Phi) is 4.91. The minimum Gasteiger partial charge on any atom is -0.403 e. The van der Waals surface area contributed by atoms with Crippen LogP contribution in [-0.2, 0) is 9.09 Å². The number of hydrogen-bond donors (Lipinski definition) is 1. The van der Waals surface area contributed by atoms with E-state index < -0.39 is 7.82 Å². The molecule has 0 aromatic heterocycles. The molecule has 0 amide bonds. The minimum atomic E-state index is -4.17. The van der Waals surface area contributed by atoms with E-state index in [0.717, 1.165) is 21.5 Å². The molecule has 0 radical (unpaired) electrons. The lowest BCUT2D eigenvalue weighted by atomic mass is 10.0. The van der Waals surface area contributed by atoms with E-state index in [1.54, 1.807) is 6.07 Å². The highest BCUT2D eigenvalue weighted by molar-refractivity contribution is 7.47. The minimum absolute atomic E-state index is 0.295. The zero-order valence-electron chi connectivity index (χ0n) is 13.8. The van der Waals surface area contributed by atoms with Crippen molar-refractivity contribution in [2.75, 3.05) is 0 Å². The molecule has 4 nitrogen and oxygen atoms in total. The van der Waals surface area contributed by atoms with E-state index in [0.29, 0.717) is 18.6 Å². The van der Waals surface area contributed by atoms with Crippen LogP contribution in [0.3, 0.4) is 0 Å². The number of benzene rings is 3. The summed E-state index contributed by atoms with van der Waals surface area (Å²) in [4.78, 5) is 10.1. The van der Waals surface area contributed by atoms with Crippen LogP contribution in [-0.4, -0.2) is 11.0 Å². The second kappa shape index (κ2) is 6.94. The van der Waals surface area contributed by atoms with Crippen molar-refractivity contribution >= 4 is 29.4 Å². The van der Waals surface area contributed by atoms with Gasteiger partial charge in [-0.1, -0.05) is 50.2 Å². The largest absolute Gasteiger partial charge is 0.527 e. The fourth-order valence-corrected chi connectivity index (χ4v) is 3.92. The first-order valence-electron chi connectivity index (χ1n) is 8.14. The summed E-state index contributed by atoms with van der Waals surface area (Å²) in [6.45, 7) is 3.83. The molecule has 0 aliphatic heterocycles. The van der Waals surface area contributed by atoms with Crippen molar-refractivity contribution in [3.8, 4) is 5.75 Å². The van der Waals surface area contributed by atoms with Crippen LogP contribution >= 0.6 is 7.82 Å². The Labute approximate surface area is 141 Å². The van der Waals surface area contributed by atoms with Gasteiger partial charge in [-0.15, -0.1) is 0 Å². The molecule has 3 rings (SSSR count). The third kappa shape index (κ3) is 3.62. The van der Waals surface area contributed by atoms with E-state index in [2.05, 4.69) is 0 Å². The average molecular weight is 344 g/mol. The fraction of sp³-hybridized carbons (Fsp3) is 0.263. The molecule has 0 saturated heterocycles. The van der Waals surface area contributed by atoms with Crippen LogP contribution < -0.4 is 4.52 Å². The third-order valence-electron chi connectivity index (χ3n) is 4.11. The molecule has 5 heteroatoms. The standard InChI is InChI=1S/C19H21O4P/c1-3-17(4-2)22-24(20,21)23-19-11-7-10-16-12-14-8-5-6-9-15(14)13-18(16)19/h5-13,17H,3-4H2,1-2H3,(H,20,21). The summed E-state index contributed by atoms with van der Waals surface area (Å²) >= 11 is 0. The van der Waals surface area contributed by atoms with Gasteiger partial charge in [0.2, 0.25) is 0 Å². The van der Waals surface area contributed by atoms with E-state index >= 15 is 0 Å². The fourth-order valence-electron chi connectivity index (χ4n) is 2.79. The smallest absolute Gasteiger partial charge is 0.403 e. The van der Waals surface area contributed by atoms with Crippen molar-refractivity contribution in [1.29, 1.82) is 0 Å². The molecule has 1 unspecified atom stereocenters.